The van der Waals surface area contributed by atoms with E-state index in [1.165, 1.54) is 12.8 Å². The van der Waals surface area contributed by atoms with E-state index in [4.69, 9.17) is 0 Å². The molecule has 1 fully saturated rings. The van der Waals surface area contributed by atoms with E-state index >= 15 is 0 Å². The van der Waals surface area contributed by atoms with Crippen molar-refractivity contribution in [2.75, 3.05) is 0 Å². The second-order valence-electron chi connectivity index (χ2n) is 4.38. The van der Waals surface area contributed by atoms with E-state index in [1.807, 2.05) is 24.4 Å². The summed E-state index contributed by atoms with van der Waals surface area (Å²) in [6.07, 6.45) is 4.50. The van der Waals surface area contributed by atoms with Crippen molar-refractivity contribution in [1.29, 1.82) is 0 Å². The molecule has 0 atom stereocenters. The van der Waals surface area contributed by atoms with Gasteiger partial charge in [-0.2, -0.15) is 0 Å². The van der Waals surface area contributed by atoms with Crippen molar-refractivity contribution in [3.8, 4) is 11.3 Å². The molecule has 0 spiro atoms. The fourth-order valence-corrected chi connectivity index (χ4v) is 2.30. The van der Waals surface area contributed by atoms with Crippen LogP contribution < -0.4 is 5.32 Å². The average Bonchev–Trinajstić information content (AvgIpc) is 3.06. The van der Waals surface area contributed by atoms with Crippen LogP contribution in [0, 0.1) is 0 Å². The highest BCUT2D eigenvalue weighted by Gasteiger charge is 2.20. The van der Waals surface area contributed by atoms with Crippen LogP contribution in [0.15, 0.2) is 34.9 Å². The molecule has 1 aromatic carbocycles. The average molecular weight is 292 g/mol. The van der Waals surface area contributed by atoms with Gasteiger partial charge in [-0.3, -0.25) is 0 Å². The maximum Gasteiger partial charge on any atom is 0.120 e. The molecule has 3 nitrogen and oxygen atoms in total. The monoisotopic (exact) mass is 291 g/mol. The van der Waals surface area contributed by atoms with Crippen molar-refractivity contribution in [1.82, 2.24) is 15.3 Å². The summed E-state index contributed by atoms with van der Waals surface area (Å²) in [5.41, 5.74) is 2.21. The Kier molecular flexibility index (Phi) is 2.99. The van der Waals surface area contributed by atoms with Crippen LogP contribution in [0.1, 0.15) is 18.7 Å². The molecule has 17 heavy (non-hydrogen) atoms. The minimum absolute atomic E-state index is 0.715. The topological polar surface area (TPSA) is 40.7 Å². The lowest BCUT2D eigenvalue weighted by Crippen LogP contribution is -2.16. The minimum Gasteiger partial charge on any atom is -0.341 e. The summed E-state index contributed by atoms with van der Waals surface area (Å²) < 4.78 is 1.09. The largest absolute Gasteiger partial charge is 0.341 e. The summed E-state index contributed by atoms with van der Waals surface area (Å²) in [7, 11) is 0. The zero-order valence-corrected chi connectivity index (χ0v) is 11.0. The van der Waals surface area contributed by atoms with Gasteiger partial charge in [0.15, 0.2) is 0 Å². The molecule has 0 unspecified atom stereocenters. The molecule has 2 aromatic rings. The number of benzene rings is 1. The molecule has 0 saturated heterocycles. The molecule has 1 aliphatic carbocycles. The van der Waals surface area contributed by atoms with Crippen LogP contribution in [0.25, 0.3) is 11.3 Å². The van der Waals surface area contributed by atoms with Gasteiger partial charge in [0, 0.05) is 16.1 Å². The minimum atomic E-state index is 0.715. The predicted molar refractivity (Wildman–Crippen MR) is 71.6 cm³/mol. The number of nitrogens with zero attached hydrogens (tertiary/aromatic N) is 1. The number of nitrogens with one attached hydrogen (secondary N) is 2. The highest BCUT2D eigenvalue weighted by molar-refractivity contribution is 9.10. The summed E-state index contributed by atoms with van der Waals surface area (Å²) in [5, 5.41) is 3.45. The molecule has 3 rings (SSSR count). The number of imidazole rings is 1. The Balaban J connectivity index is 1.77. The lowest BCUT2D eigenvalue weighted by atomic mass is 10.2. The number of rotatable bonds is 4. The molecule has 1 aliphatic rings. The Morgan fingerprint density at radius 2 is 2.18 bits per heavy atom. The number of hydrogen-bond acceptors (Lipinski definition) is 2. The van der Waals surface area contributed by atoms with Gasteiger partial charge in [0.2, 0.25) is 0 Å². The molecule has 0 bridgehead atoms. The summed E-state index contributed by atoms with van der Waals surface area (Å²) in [6, 6.07) is 8.88. The molecule has 0 amide bonds. The van der Waals surface area contributed by atoms with Crippen molar-refractivity contribution in [2.24, 2.45) is 0 Å². The summed E-state index contributed by atoms with van der Waals surface area (Å²) in [4.78, 5) is 7.74. The molecule has 4 heteroatoms. The Morgan fingerprint density at radius 3 is 2.94 bits per heavy atom. The first-order chi connectivity index (χ1) is 8.33. The first-order valence-corrected chi connectivity index (χ1v) is 6.64. The lowest BCUT2D eigenvalue weighted by Gasteiger charge is -2.01. The third-order valence-corrected chi connectivity index (χ3v) is 3.62. The third kappa shape index (κ3) is 2.58. The molecule has 1 heterocycles. The second kappa shape index (κ2) is 4.63. The lowest BCUT2D eigenvalue weighted by molar-refractivity contribution is 0.664. The van der Waals surface area contributed by atoms with Crippen LogP contribution in [-0.4, -0.2) is 16.0 Å². The molecule has 1 saturated carbocycles. The molecule has 88 valence electrons. The highest BCUT2D eigenvalue weighted by Crippen LogP contribution is 2.26. The van der Waals surface area contributed by atoms with Gasteiger partial charge < -0.3 is 10.3 Å². The molecular formula is C13H14BrN3. The standard InChI is InChI=1S/C13H14BrN3/c14-11-4-2-1-3-10(11)12-7-16-13(17-12)8-15-9-5-6-9/h1-4,7,9,15H,5-6,8H2,(H,16,17). The van der Waals surface area contributed by atoms with Crippen molar-refractivity contribution in [2.45, 2.75) is 25.4 Å². The van der Waals surface area contributed by atoms with E-state index in [9.17, 15) is 0 Å². The fraction of sp³-hybridized carbons (Fsp3) is 0.308. The third-order valence-electron chi connectivity index (χ3n) is 2.93. The van der Waals surface area contributed by atoms with Crippen molar-refractivity contribution >= 4 is 15.9 Å². The Labute approximate surface area is 109 Å². The zero-order valence-electron chi connectivity index (χ0n) is 9.41. The van der Waals surface area contributed by atoms with E-state index in [0.717, 1.165) is 28.1 Å². The molecule has 0 radical (unpaired) electrons. The van der Waals surface area contributed by atoms with E-state index in [0.29, 0.717) is 6.04 Å². The summed E-state index contributed by atoms with van der Waals surface area (Å²) >= 11 is 3.55. The normalized spacial score (nSPS) is 15.1. The van der Waals surface area contributed by atoms with Crippen LogP contribution in [0.4, 0.5) is 0 Å². The van der Waals surface area contributed by atoms with Gasteiger partial charge in [-0.1, -0.05) is 34.1 Å². The van der Waals surface area contributed by atoms with Gasteiger partial charge in [0.1, 0.15) is 5.82 Å². The van der Waals surface area contributed by atoms with Gasteiger partial charge in [-0.25, -0.2) is 4.98 Å². The first kappa shape index (κ1) is 11.0. The highest BCUT2D eigenvalue weighted by atomic mass is 79.9. The Morgan fingerprint density at radius 1 is 1.35 bits per heavy atom. The maximum atomic E-state index is 4.39. The maximum absolute atomic E-state index is 4.39. The van der Waals surface area contributed by atoms with Crippen LogP contribution in [0.2, 0.25) is 0 Å². The molecule has 2 N–H and O–H groups in total. The SMILES string of the molecule is Brc1ccccc1-c1cnc(CNC2CC2)[nH]1. The smallest absolute Gasteiger partial charge is 0.120 e. The van der Waals surface area contributed by atoms with Crippen molar-refractivity contribution < 1.29 is 0 Å². The van der Waals surface area contributed by atoms with Crippen LogP contribution in [0.3, 0.4) is 0 Å². The van der Waals surface area contributed by atoms with E-state index in [2.05, 4.69) is 37.3 Å². The number of halogens is 1. The van der Waals surface area contributed by atoms with Crippen LogP contribution in [0.5, 0.6) is 0 Å². The van der Waals surface area contributed by atoms with Gasteiger partial charge in [0.25, 0.3) is 0 Å². The van der Waals surface area contributed by atoms with Gasteiger partial charge in [-0.15, -0.1) is 0 Å². The second-order valence-corrected chi connectivity index (χ2v) is 5.23. The number of hydrogen-bond donors (Lipinski definition) is 2. The van der Waals surface area contributed by atoms with Gasteiger partial charge in [-0.05, 0) is 18.9 Å². The van der Waals surface area contributed by atoms with E-state index < -0.39 is 0 Å². The summed E-state index contributed by atoms with van der Waals surface area (Å²) in [6.45, 7) is 0.828. The quantitative estimate of drug-likeness (QED) is 0.909. The fourth-order valence-electron chi connectivity index (χ4n) is 1.80. The molecular weight excluding hydrogens is 278 g/mol. The van der Waals surface area contributed by atoms with Crippen LogP contribution >= 0.6 is 15.9 Å². The van der Waals surface area contributed by atoms with E-state index in [1.54, 1.807) is 0 Å². The zero-order chi connectivity index (χ0) is 11.7. The van der Waals surface area contributed by atoms with Crippen LogP contribution in [-0.2, 0) is 6.54 Å². The number of aromatic amines is 1. The van der Waals surface area contributed by atoms with Gasteiger partial charge in [0.05, 0.1) is 18.4 Å². The Bertz CT molecular complexity index is 517. The Hall–Kier alpha value is -1.13. The van der Waals surface area contributed by atoms with Crippen molar-refractivity contribution in [3.05, 3.63) is 40.8 Å². The molecule has 1 aromatic heterocycles. The van der Waals surface area contributed by atoms with E-state index in [-0.39, 0.29) is 0 Å². The van der Waals surface area contributed by atoms with Gasteiger partial charge >= 0.3 is 0 Å². The predicted octanol–water partition coefficient (Wildman–Crippen LogP) is 3.09. The summed E-state index contributed by atoms with van der Waals surface area (Å²) in [5.74, 6) is 1.00. The van der Waals surface area contributed by atoms with Crippen molar-refractivity contribution in [3.63, 3.8) is 0 Å². The number of H-pyrrole nitrogens is 1. The molecule has 0 aliphatic heterocycles. The number of aromatic nitrogens is 2. The first-order valence-electron chi connectivity index (χ1n) is 5.85.